The lowest BCUT2D eigenvalue weighted by Crippen LogP contribution is -2.19. The first-order valence-corrected chi connectivity index (χ1v) is 6.85. The second kappa shape index (κ2) is 5.39. The normalized spacial score (nSPS) is 22.1. The van der Waals surface area contributed by atoms with Gasteiger partial charge in [0.25, 0.3) is 0 Å². The fourth-order valence-corrected chi connectivity index (χ4v) is 2.53. The lowest BCUT2D eigenvalue weighted by Gasteiger charge is -2.28. The third-order valence-electron chi connectivity index (χ3n) is 3.95. The average molecular weight is 243 g/mol. The Morgan fingerprint density at radius 1 is 1.50 bits per heavy atom. The molecule has 0 fully saturated rings. The number of aromatic nitrogens is 1. The van der Waals surface area contributed by atoms with E-state index in [0.29, 0.717) is 17.4 Å². The van der Waals surface area contributed by atoms with Crippen molar-refractivity contribution in [2.75, 3.05) is 11.9 Å². The lowest BCUT2D eigenvalue weighted by molar-refractivity contribution is 0.417. The SMILES string of the molecule is CCCNc1nc2c(cc1C#N)CCC(C)C2C. The number of fused-ring (bicyclic) bond motifs is 1. The minimum Gasteiger partial charge on any atom is -0.369 e. The number of rotatable bonds is 3. The maximum atomic E-state index is 9.21. The summed E-state index contributed by atoms with van der Waals surface area (Å²) in [6.07, 6.45) is 3.29. The molecule has 0 saturated heterocycles. The number of nitriles is 1. The molecule has 1 heterocycles. The average Bonchev–Trinajstić information content (AvgIpc) is 2.40. The highest BCUT2D eigenvalue weighted by atomic mass is 15.0. The summed E-state index contributed by atoms with van der Waals surface area (Å²) in [7, 11) is 0. The van der Waals surface area contributed by atoms with Gasteiger partial charge in [-0.15, -0.1) is 0 Å². The van der Waals surface area contributed by atoms with E-state index in [2.05, 4.69) is 32.2 Å². The Morgan fingerprint density at radius 2 is 2.28 bits per heavy atom. The third-order valence-corrected chi connectivity index (χ3v) is 3.95. The number of anilines is 1. The molecule has 0 saturated carbocycles. The van der Waals surface area contributed by atoms with Crippen LogP contribution in [0.1, 0.15) is 56.4 Å². The molecule has 2 unspecified atom stereocenters. The Hall–Kier alpha value is -1.56. The lowest BCUT2D eigenvalue weighted by atomic mass is 9.79. The Balaban J connectivity index is 2.40. The van der Waals surface area contributed by atoms with Crippen molar-refractivity contribution in [1.29, 1.82) is 5.26 Å². The molecule has 2 atom stereocenters. The largest absolute Gasteiger partial charge is 0.369 e. The van der Waals surface area contributed by atoms with Gasteiger partial charge in [0.15, 0.2) is 0 Å². The van der Waals surface area contributed by atoms with Crippen molar-refractivity contribution < 1.29 is 0 Å². The van der Waals surface area contributed by atoms with E-state index >= 15 is 0 Å². The molecule has 1 aromatic heterocycles. The van der Waals surface area contributed by atoms with E-state index in [9.17, 15) is 5.26 Å². The van der Waals surface area contributed by atoms with Crippen molar-refractivity contribution in [3.05, 3.63) is 22.9 Å². The highest BCUT2D eigenvalue weighted by Crippen LogP contribution is 2.36. The fraction of sp³-hybridized carbons (Fsp3) is 0.600. The molecule has 2 rings (SSSR count). The van der Waals surface area contributed by atoms with Gasteiger partial charge >= 0.3 is 0 Å². The number of hydrogen-bond donors (Lipinski definition) is 1. The van der Waals surface area contributed by atoms with Crippen LogP contribution in [0.2, 0.25) is 0 Å². The van der Waals surface area contributed by atoms with E-state index in [4.69, 9.17) is 4.98 Å². The predicted octanol–water partition coefficient (Wildman–Crippen LogP) is 3.46. The van der Waals surface area contributed by atoms with Crippen LogP contribution in [0, 0.1) is 17.2 Å². The van der Waals surface area contributed by atoms with Crippen molar-refractivity contribution in [1.82, 2.24) is 4.98 Å². The summed E-state index contributed by atoms with van der Waals surface area (Å²) in [5.74, 6) is 1.93. The zero-order chi connectivity index (χ0) is 13.1. The zero-order valence-corrected chi connectivity index (χ0v) is 11.5. The molecule has 3 heteroatoms. The van der Waals surface area contributed by atoms with Crippen LogP contribution in [-0.2, 0) is 6.42 Å². The molecule has 0 amide bonds. The Labute approximate surface area is 109 Å². The van der Waals surface area contributed by atoms with Crippen LogP contribution in [0.3, 0.4) is 0 Å². The van der Waals surface area contributed by atoms with Crippen molar-refractivity contribution >= 4 is 5.82 Å². The molecule has 3 nitrogen and oxygen atoms in total. The second-order valence-electron chi connectivity index (χ2n) is 5.27. The Morgan fingerprint density at radius 3 is 2.94 bits per heavy atom. The summed E-state index contributed by atoms with van der Waals surface area (Å²) >= 11 is 0. The molecule has 0 bridgehead atoms. The van der Waals surface area contributed by atoms with Crippen LogP contribution >= 0.6 is 0 Å². The summed E-state index contributed by atoms with van der Waals surface area (Å²) in [5, 5.41) is 12.5. The molecule has 0 aromatic carbocycles. The van der Waals surface area contributed by atoms with Crippen molar-refractivity contribution in [2.24, 2.45) is 5.92 Å². The van der Waals surface area contributed by atoms with Gasteiger partial charge in [-0.1, -0.05) is 20.8 Å². The summed E-state index contributed by atoms with van der Waals surface area (Å²) in [6, 6.07) is 4.29. The van der Waals surface area contributed by atoms with Gasteiger partial charge in [-0.05, 0) is 36.8 Å². The van der Waals surface area contributed by atoms with Crippen LogP contribution in [0.4, 0.5) is 5.82 Å². The summed E-state index contributed by atoms with van der Waals surface area (Å²) in [6.45, 7) is 7.50. The number of hydrogen-bond acceptors (Lipinski definition) is 3. The minimum atomic E-state index is 0.490. The van der Waals surface area contributed by atoms with E-state index in [1.807, 2.05) is 6.07 Å². The topological polar surface area (TPSA) is 48.7 Å². The van der Waals surface area contributed by atoms with Crippen LogP contribution in [0.25, 0.3) is 0 Å². The number of nitrogens with zero attached hydrogens (tertiary/aromatic N) is 2. The molecular formula is C15H21N3. The van der Waals surface area contributed by atoms with Gasteiger partial charge in [0.05, 0.1) is 5.56 Å². The molecule has 0 spiro atoms. The molecule has 0 radical (unpaired) electrons. The molecule has 0 aliphatic heterocycles. The number of pyridine rings is 1. The van der Waals surface area contributed by atoms with E-state index in [-0.39, 0.29) is 0 Å². The van der Waals surface area contributed by atoms with Crippen LogP contribution in [0.5, 0.6) is 0 Å². The van der Waals surface area contributed by atoms with Crippen LogP contribution < -0.4 is 5.32 Å². The predicted molar refractivity (Wildman–Crippen MR) is 73.6 cm³/mol. The van der Waals surface area contributed by atoms with Crippen molar-refractivity contribution in [3.8, 4) is 6.07 Å². The Bertz CT molecular complexity index is 473. The standard InChI is InChI=1S/C15H21N3/c1-4-7-17-15-13(9-16)8-12-6-5-10(2)11(3)14(12)18-15/h8,10-11H,4-7H2,1-3H3,(H,17,18). The molecule has 1 aliphatic carbocycles. The summed E-state index contributed by atoms with van der Waals surface area (Å²) in [5.41, 5.74) is 3.13. The monoisotopic (exact) mass is 243 g/mol. The van der Waals surface area contributed by atoms with Gasteiger partial charge in [-0.3, -0.25) is 0 Å². The van der Waals surface area contributed by atoms with Gasteiger partial charge < -0.3 is 5.32 Å². The van der Waals surface area contributed by atoms with Gasteiger partial charge in [0.1, 0.15) is 11.9 Å². The zero-order valence-electron chi connectivity index (χ0n) is 11.5. The molecule has 1 aromatic rings. The fourth-order valence-electron chi connectivity index (χ4n) is 2.53. The quantitative estimate of drug-likeness (QED) is 0.884. The summed E-state index contributed by atoms with van der Waals surface area (Å²) < 4.78 is 0. The van der Waals surface area contributed by atoms with E-state index < -0.39 is 0 Å². The van der Waals surface area contributed by atoms with Crippen LogP contribution in [-0.4, -0.2) is 11.5 Å². The molecule has 96 valence electrons. The van der Waals surface area contributed by atoms with Gasteiger partial charge in [-0.25, -0.2) is 4.98 Å². The maximum Gasteiger partial charge on any atom is 0.144 e. The van der Waals surface area contributed by atoms with Gasteiger partial charge in [-0.2, -0.15) is 5.26 Å². The second-order valence-corrected chi connectivity index (χ2v) is 5.27. The van der Waals surface area contributed by atoms with E-state index in [0.717, 1.165) is 25.2 Å². The highest BCUT2D eigenvalue weighted by molar-refractivity contribution is 5.55. The van der Waals surface area contributed by atoms with Crippen molar-refractivity contribution in [2.45, 2.75) is 46.0 Å². The third kappa shape index (κ3) is 2.33. The first-order valence-electron chi connectivity index (χ1n) is 6.85. The van der Waals surface area contributed by atoms with Crippen molar-refractivity contribution in [3.63, 3.8) is 0 Å². The maximum absolute atomic E-state index is 9.21. The van der Waals surface area contributed by atoms with Gasteiger partial charge in [0.2, 0.25) is 0 Å². The number of aryl methyl sites for hydroxylation is 1. The highest BCUT2D eigenvalue weighted by Gasteiger charge is 2.25. The van der Waals surface area contributed by atoms with Gasteiger partial charge in [0, 0.05) is 18.2 Å². The smallest absolute Gasteiger partial charge is 0.144 e. The first kappa shape index (κ1) is 12.9. The van der Waals surface area contributed by atoms with E-state index in [1.165, 1.54) is 17.7 Å². The Kier molecular flexibility index (Phi) is 3.86. The van der Waals surface area contributed by atoms with Crippen LogP contribution in [0.15, 0.2) is 6.07 Å². The molecule has 1 N–H and O–H groups in total. The first-order chi connectivity index (χ1) is 8.67. The molecular weight excluding hydrogens is 222 g/mol. The minimum absolute atomic E-state index is 0.490. The molecule has 18 heavy (non-hydrogen) atoms. The summed E-state index contributed by atoms with van der Waals surface area (Å²) in [4.78, 5) is 4.72. The molecule has 1 aliphatic rings. The van der Waals surface area contributed by atoms with E-state index in [1.54, 1.807) is 0 Å². The number of nitrogens with one attached hydrogen (secondary N) is 1.